The van der Waals surface area contributed by atoms with Crippen LogP contribution in [-0.2, 0) is 0 Å². The molecule has 12 aromatic carbocycles. The third kappa shape index (κ3) is 7.22. The van der Waals surface area contributed by atoms with E-state index in [0.29, 0.717) is 0 Å². The van der Waals surface area contributed by atoms with Gasteiger partial charge in [-0.15, -0.1) is 11.3 Å². The Morgan fingerprint density at radius 2 is 0.852 bits per heavy atom. The molecule has 4 aliphatic heterocycles. The minimum atomic E-state index is -0.120. The zero-order valence-electron chi connectivity index (χ0n) is 43.7. The zero-order chi connectivity index (χ0) is 53.1. The lowest BCUT2D eigenvalue weighted by atomic mass is 9.31. The molecule has 0 saturated heterocycles. The SMILES string of the molecule is c1ccc(N(c2ccccc2)c2cc3c4c(c2)Sc2cc5c(cc2B4c2ccccc2O3)B2c3ccccc3N(c3ccccc3)c3cc(N(c4ccccc4)c4ccccc4)cc(c32)N5c2cccc3sc4ccccc4c23)cc1. The van der Waals surface area contributed by atoms with Gasteiger partial charge in [-0.25, -0.2) is 0 Å². The molecule has 0 atom stereocenters. The second-order valence-corrected chi connectivity index (χ2v) is 23.3. The molecule has 17 rings (SSSR count). The van der Waals surface area contributed by atoms with Crippen LogP contribution in [0.4, 0.5) is 68.2 Å². The molecule has 5 heterocycles. The Balaban J connectivity index is 0.974. The second-order valence-electron chi connectivity index (χ2n) is 21.1. The van der Waals surface area contributed by atoms with E-state index < -0.39 is 0 Å². The fourth-order valence-corrected chi connectivity index (χ4v) is 15.7. The summed E-state index contributed by atoms with van der Waals surface area (Å²) in [6, 6.07) is 102. The molecule has 378 valence electrons. The Labute approximate surface area is 479 Å². The van der Waals surface area contributed by atoms with Gasteiger partial charge in [0, 0.05) is 87.2 Å². The van der Waals surface area contributed by atoms with Crippen molar-refractivity contribution in [3.05, 3.63) is 279 Å². The number of hydrogen-bond donors (Lipinski definition) is 0. The van der Waals surface area contributed by atoms with Gasteiger partial charge >= 0.3 is 0 Å². The van der Waals surface area contributed by atoms with E-state index in [4.69, 9.17) is 4.74 Å². The van der Waals surface area contributed by atoms with Crippen LogP contribution in [0.5, 0.6) is 11.5 Å². The van der Waals surface area contributed by atoms with Gasteiger partial charge in [0.1, 0.15) is 11.5 Å². The lowest BCUT2D eigenvalue weighted by molar-refractivity contribution is 0.486. The maximum absolute atomic E-state index is 7.11. The van der Waals surface area contributed by atoms with Crippen molar-refractivity contribution < 1.29 is 4.74 Å². The van der Waals surface area contributed by atoms with Crippen molar-refractivity contribution in [3.8, 4) is 11.5 Å². The number of ether oxygens (including phenoxy) is 1. The summed E-state index contributed by atoms with van der Waals surface area (Å²) in [5.41, 5.74) is 20.9. The summed E-state index contributed by atoms with van der Waals surface area (Å²) in [6.45, 7) is -0.200. The lowest BCUT2D eigenvalue weighted by Crippen LogP contribution is -2.64. The topological polar surface area (TPSA) is 22.2 Å². The van der Waals surface area contributed by atoms with Crippen molar-refractivity contribution >= 4 is 158 Å². The molecule has 0 radical (unpaired) electrons. The van der Waals surface area contributed by atoms with E-state index >= 15 is 0 Å². The van der Waals surface area contributed by atoms with E-state index in [2.05, 4.69) is 299 Å². The van der Waals surface area contributed by atoms with Crippen LogP contribution >= 0.6 is 23.1 Å². The monoisotopic (exact) mass is 1070 g/mol. The minimum absolute atomic E-state index is 0.0802. The molecule has 0 fully saturated rings. The molecule has 0 bridgehead atoms. The highest BCUT2D eigenvalue weighted by molar-refractivity contribution is 8.00. The normalized spacial score (nSPS) is 13.1. The van der Waals surface area contributed by atoms with Gasteiger partial charge in [-0.3, -0.25) is 0 Å². The molecule has 0 aliphatic carbocycles. The van der Waals surface area contributed by atoms with E-state index in [-0.39, 0.29) is 13.4 Å². The van der Waals surface area contributed by atoms with Gasteiger partial charge in [0.2, 0.25) is 0 Å². The molecule has 0 amide bonds. The molecule has 5 nitrogen and oxygen atoms in total. The van der Waals surface area contributed by atoms with Gasteiger partial charge in [0.05, 0.1) is 17.1 Å². The first-order valence-corrected chi connectivity index (χ1v) is 29.3. The Hall–Kier alpha value is -9.66. The molecule has 0 N–H and O–H groups in total. The van der Waals surface area contributed by atoms with Crippen LogP contribution in [0.1, 0.15) is 0 Å². The van der Waals surface area contributed by atoms with Crippen molar-refractivity contribution in [1.82, 2.24) is 0 Å². The van der Waals surface area contributed by atoms with E-state index in [1.165, 1.54) is 74.1 Å². The maximum atomic E-state index is 7.11. The van der Waals surface area contributed by atoms with E-state index in [1.54, 1.807) is 0 Å². The van der Waals surface area contributed by atoms with Crippen molar-refractivity contribution in [2.24, 2.45) is 0 Å². The zero-order valence-corrected chi connectivity index (χ0v) is 45.4. The van der Waals surface area contributed by atoms with Crippen molar-refractivity contribution in [2.75, 3.05) is 19.6 Å². The summed E-state index contributed by atoms with van der Waals surface area (Å²) < 4.78 is 9.64. The third-order valence-corrected chi connectivity index (χ3v) is 18.9. The fraction of sp³-hybridized carbons (Fsp3) is 0. The van der Waals surface area contributed by atoms with Crippen molar-refractivity contribution in [1.29, 1.82) is 0 Å². The van der Waals surface area contributed by atoms with Crippen molar-refractivity contribution in [3.63, 3.8) is 0 Å². The highest BCUT2D eigenvalue weighted by Crippen LogP contribution is 2.52. The Morgan fingerprint density at radius 3 is 1.53 bits per heavy atom. The Kier molecular flexibility index (Phi) is 10.5. The number of thiophene rings is 1. The molecular formula is C72H46B2N4OS2. The summed E-state index contributed by atoms with van der Waals surface area (Å²) in [5.74, 6) is 1.78. The van der Waals surface area contributed by atoms with Gasteiger partial charge in [0.15, 0.2) is 0 Å². The average molecular weight is 1070 g/mol. The molecule has 9 heteroatoms. The number of fused-ring (bicyclic) bond motifs is 11. The summed E-state index contributed by atoms with van der Waals surface area (Å²) in [4.78, 5) is 12.4. The summed E-state index contributed by atoms with van der Waals surface area (Å²) >= 11 is 3.74. The predicted octanol–water partition coefficient (Wildman–Crippen LogP) is 16.2. The molecule has 1 aromatic heterocycles. The number of hydrogen-bond acceptors (Lipinski definition) is 7. The van der Waals surface area contributed by atoms with Gasteiger partial charge in [-0.05, 0) is 143 Å². The van der Waals surface area contributed by atoms with Gasteiger partial charge in [-0.2, -0.15) is 0 Å². The van der Waals surface area contributed by atoms with Crippen LogP contribution in [-0.4, -0.2) is 13.4 Å². The number of benzene rings is 12. The molecular weight excluding hydrogens is 1020 g/mol. The highest BCUT2D eigenvalue weighted by atomic mass is 32.2. The fourth-order valence-electron chi connectivity index (χ4n) is 13.4. The van der Waals surface area contributed by atoms with Crippen LogP contribution in [0, 0.1) is 0 Å². The molecule has 0 saturated carbocycles. The van der Waals surface area contributed by atoms with Gasteiger partial charge in [-0.1, -0.05) is 175 Å². The summed E-state index contributed by atoms with van der Waals surface area (Å²) in [7, 11) is 0. The number of para-hydroxylation sites is 7. The average Bonchev–Trinajstić information content (AvgIpc) is 4.05. The smallest absolute Gasteiger partial charge is 0.253 e. The second kappa shape index (κ2) is 18.5. The molecule has 81 heavy (non-hydrogen) atoms. The standard InChI is InChI=1S/C72H46B2N4OS2/c1-6-23-47(24-7-1)75(48-25-8-2-9-26-48)52-41-62-71-63(42-52)78(60-37-22-40-67-70(60)54-33-16-21-39-66(54)80-67)61-46-68-58(45-57(61)73(71)55-34-17-19-36-59(55)77(62)51-31-14-5-15-32-51)74-56-35-18-20-38-64(56)79-65-43-53(44-69(81-68)72(65)74)76(49-27-10-3-11-28-49)50-29-12-4-13-30-50/h1-46H. The Bertz CT molecular complexity index is 4560. The van der Waals surface area contributed by atoms with Crippen LogP contribution in [0.3, 0.4) is 0 Å². The van der Waals surface area contributed by atoms with E-state index in [0.717, 1.165) is 68.4 Å². The number of rotatable bonds is 8. The van der Waals surface area contributed by atoms with Gasteiger partial charge < -0.3 is 24.3 Å². The number of nitrogens with zero attached hydrogens (tertiary/aromatic N) is 4. The first-order valence-electron chi connectivity index (χ1n) is 27.6. The van der Waals surface area contributed by atoms with Gasteiger partial charge in [0.25, 0.3) is 13.4 Å². The highest BCUT2D eigenvalue weighted by Gasteiger charge is 2.47. The van der Waals surface area contributed by atoms with Crippen LogP contribution in [0.15, 0.2) is 289 Å². The van der Waals surface area contributed by atoms with E-state index in [1.807, 2.05) is 23.1 Å². The predicted molar refractivity (Wildman–Crippen MR) is 344 cm³/mol. The first kappa shape index (κ1) is 46.3. The Morgan fingerprint density at radius 1 is 0.321 bits per heavy atom. The molecule has 0 unspecified atom stereocenters. The maximum Gasteiger partial charge on any atom is 0.253 e. The quantitative estimate of drug-likeness (QED) is 0.140. The number of anilines is 12. The largest absolute Gasteiger partial charge is 0.458 e. The minimum Gasteiger partial charge on any atom is -0.458 e. The lowest BCUT2D eigenvalue weighted by Gasteiger charge is -2.46. The van der Waals surface area contributed by atoms with Crippen molar-refractivity contribution in [2.45, 2.75) is 9.79 Å². The molecule has 13 aromatic rings. The third-order valence-electron chi connectivity index (χ3n) is 16.7. The first-order chi connectivity index (χ1) is 40.2. The summed E-state index contributed by atoms with van der Waals surface area (Å²) in [5, 5.41) is 2.51. The summed E-state index contributed by atoms with van der Waals surface area (Å²) in [6.07, 6.45) is 0. The molecule has 4 aliphatic rings. The van der Waals surface area contributed by atoms with Crippen LogP contribution in [0.2, 0.25) is 0 Å². The van der Waals surface area contributed by atoms with E-state index in [9.17, 15) is 0 Å². The molecule has 0 spiro atoms. The van der Waals surface area contributed by atoms with Crippen LogP contribution in [0.25, 0.3) is 20.2 Å². The van der Waals surface area contributed by atoms with Crippen LogP contribution < -0.4 is 57.1 Å².